The molecule has 1 N–H and O–H groups in total. The minimum absolute atomic E-state index is 0.737. The van der Waals surface area contributed by atoms with Gasteiger partial charge in [0.05, 0.1) is 12.6 Å². The molecule has 3 aromatic rings. The number of nitrogens with one attached hydrogen (secondary N) is 1. The van der Waals surface area contributed by atoms with Gasteiger partial charge in [-0.2, -0.15) is 0 Å². The monoisotopic (exact) mass is 267 g/mol. The highest BCUT2D eigenvalue weighted by molar-refractivity contribution is 5.89. The smallest absolute Gasteiger partial charge is 0.150 e. The summed E-state index contributed by atoms with van der Waals surface area (Å²) in [6.07, 6.45) is 3.88. The van der Waals surface area contributed by atoms with E-state index in [1.54, 1.807) is 7.11 Å². The summed E-state index contributed by atoms with van der Waals surface area (Å²) in [5.74, 6) is 1.78. The minimum atomic E-state index is 0.737. The van der Waals surface area contributed by atoms with Crippen molar-refractivity contribution >= 4 is 16.7 Å². The van der Waals surface area contributed by atoms with Crippen LogP contribution >= 0.6 is 0 Å². The Morgan fingerprint density at radius 3 is 2.70 bits per heavy atom. The van der Waals surface area contributed by atoms with Crippen molar-refractivity contribution in [3.8, 4) is 5.75 Å². The van der Waals surface area contributed by atoms with Crippen LogP contribution in [0.15, 0.2) is 48.8 Å². The topological polar surface area (TPSA) is 39.1 Å². The second-order valence-corrected chi connectivity index (χ2v) is 4.73. The van der Waals surface area contributed by atoms with Crippen LogP contribution in [0.2, 0.25) is 0 Å². The Labute approximate surface area is 118 Å². The summed E-state index contributed by atoms with van der Waals surface area (Å²) in [6.45, 7) is 0.737. The highest BCUT2D eigenvalue weighted by atomic mass is 16.5. The molecule has 0 radical (unpaired) electrons. The van der Waals surface area contributed by atoms with Crippen LogP contribution in [0.4, 0.5) is 5.82 Å². The molecule has 0 saturated heterocycles. The lowest BCUT2D eigenvalue weighted by Gasteiger charge is -2.09. The first kappa shape index (κ1) is 12.5. The van der Waals surface area contributed by atoms with Crippen LogP contribution in [-0.2, 0) is 13.6 Å². The third-order valence-corrected chi connectivity index (χ3v) is 3.40. The van der Waals surface area contributed by atoms with Crippen molar-refractivity contribution in [3.63, 3.8) is 0 Å². The number of aromatic nitrogens is 2. The van der Waals surface area contributed by atoms with Gasteiger partial charge in [-0.1, -0.05) is 12.1 Å². The minimum Gasteiger partial charge on any atom is -0.497 e. The van der Waals surface area contributed by atoms with Crippen molar-refractivity contribution in [2.75, 3.05) is 12.4 Å². The van der Waals surface area contributed by atoms with E-state index in [0.29, 0.717) is 0 Å². The quantitative estimate of drug-likeness (QED) is 0.789. The molecule has 2 heterocycles. The summed E-state index contributed by atoms with van der Waals surface area (Å²) in [4.78, 5) is 4.43. The van der Waals surface area contributed by atoms with Crippen molar-refractivity contribution in [1.82, 2.24) is 9.55 Å². The molecule has 2 aromatic heterocycles. The third kappa shape index (κ3) is 2.32. The summed E-state index contributed by atoms with van der Waals surface area (Å²) in [6, 6.07) is 12.2. The number of nitrogens with zero attached hydrogens (tertiary/aromatic N) is 2. The zero-order valence-electron chi connectivity index (χ0n) is 11.6. The van der Waals surface area contributed by atoms with Crippen molar-refractivity contribution in [2.45, 2.75) is 6.54 Å². The average Bonchev–Trinajstić information content (AvgIpc) is 2.88. The van der Waals surface area contributed by atoms with E-state index in [-0.39, 0.29) is 0 Å². The second kappa shape index (κ2) is 5.25. The van der Waals surface area contributed by atoms with Crippen molar-refractivity contribution in [3.05, 3.63) is 54.4 Å². The van der Waals surface area contributed by atoms with Crippen LogP contribution < -0.4 is 10.1 Å². The van der Waals surface area contributed by atoms with E-state index in [2.05, 4.69) is 33.1 Å². The third-order valence-electron chi connectivity index (χ3n) is 3.40. The fraction of sp³-hybridized carbons (Fsp3) is 0.188. The van der Waals surface area contributed by atoms with Gasteiger partial charge in [-0.25, -0.2) is 4.98 Å². The van der Waals surface area contributed by atoms with Gasteiger partial charge in [-0.3, -0.25) is 0 Å². The molecular formula is C16H17N3O. The van der Waals surface area contributed by atoms with Gasteiger partial charge in [-0.05, 0) is 29.8 Å². The van der Waals surface area contributed by atoms with Gasteiger partial charge >= 0.3 is 0 Å². The van der Waals surface area contributed by atoms with E-state index in [1.165, 1.54) is 10.9 Å². The van der Waals surface area contributed by atoms with E-state index < -0.39 is 0 Å². The van der Waals surface area contributed by atoms with Crippen molar-refractivity contribution in [1.29, 1.82) is 0 Å². The second-order valence-electron chi connectivity index (χ2n) is 4.73. The first-order valence-corrected chi connectivity index (χ1v) is 6.55. The van der Waals surface area contributed by atoms with E-state index in [1.807, 2.05) is 37.6 Å². The largest absolute Gasteiger partial charge is 0.497 e. The summed E-state index contributed by atoms with van der Waals surface area (Å²) < 4.78 is 7.24. The van der Waals surface area contributed by atoms with Gasteiger partial charge in [0.1, 0.15) is 5.75 Å². The van der Waals surface area contributed by atoms with E-state index >= 15 is 0 Å². The highest BCUT2D eigenvalue weighted by Gasteiger charge is 2.05. The number of ether oxygens (including phenoxy) is 1. The Balaban J connectivity index is 1.81. The number of rotatable bonds is 4. The normalized spacial score (nSPS) is 10.7. The molecule has 3 rings (SSSR count). The summed E-state index contributed by atoms with van der Waals surface area (Å²) >= 11 is 0. The first-order valence-electron chi connectivity index (χ1n) is 6.55. The number of methoxy groups -OCH3 is 1. The molecule has 0 spiro atoms. The molecule has 20 heavy (non-hydrogen) atoms. The van der Waals surface area contributed by atoms with E-state index in [4.69, 9.17) is 4.74 Å². The molecule has 0 fully saturated rings. The van der Waals surface area contributed by atoms with Crippen molar-refractivity contribution in [2.24, 2.45) is 7.05 Å². The zero-order valence-corrected chi connectivity index (χ0v) is 11.6. The molecule has 1 aromatic carbocycles. The van der Waals surface area contributed by atoms with Crippen LogP contribution in [0.1, 0.15) is 5.56 Å². The average molecular weight is 267 g/mol. The summed E-state index contributed by atoms with van der Waals surface area (Å²) in [7, 11) is 3.70. The van der Waals surface area contributed by atoms with E-state index in [9.17, 15) is 0 Å². The van der Waals surface area contributed by atoms with Crippen LogP contribution in [0.5, 0.6) is 5.75 Å². The van der Waals surface area contributed by atoms with Gasteiger partial charge in [0.2, 0.25) is 0 Å². The molecule has 0 aliphatic rings. The Morgan fingerprint density at radius 2 is 1.95 bits per heavy atom. The predicted molar refractivity (Wildman–Crippen MR) is 81.0 cm³/mol. The lowest BCUT2D eigenvalue weighted by atomic mass is 10.2. The first-order chi connectivity index (χ1) is 9.78. The van der Waals surface area contributed by atoms with Crippen LogP contribution in [0, 0.1) is 0 Å². The Hall–Kier alpha value is -2.49. The maximum Gasteiger partial charge on any atom is 0.150 e. The Kier molecular flexibility index (Phi) is 3.29. The van der Waals surface area contributed by atoms with Gasteiger partial charge in [0.25, 0.3) is 0 Å². The van der Waals surface area contributed by atoms with Gasteiger partial charge < -0.3 is 14.6 Å². The van der Waals surface area contributed by atoms with Gasteiger partial charge in [-0.15, -0.1) is 0 Å². The molecule has 4 heteroatoms. The summed E-state index contributed by atoms with van der Waals surface area (Å²) in [5, 5.41) is 4.59. The summed E-state index contributed by atoms with van der Waals surface area (Å²) in [5.41, 5.74) is 2.32. The molecule has 0 aliphatic heterocycles. The Bertz CT molecular complexity index is 716. The number of benzene rings is 1. The number of fused-ring (bicyclic) bond motifs is 1. The fourth-order valence-electron chi connectivity index (χ4n) is 2.30. The molecule has 4 nitrogen and oxygen atoms in total. The lowest BCUT2D eigenvalue weighted by molar-refractivity contribution is 0.414. The number of hydrogen-bond acceptors (Lipinski definition) is 3. The number of hydrogen-bond donors (Lipinski definition) is 1. The van der Waals surface area contributed by atoms with Crippen molar-refractivity contribution < 1.29 is 4.74 Å². The molecule has 0 amide bonds. The Morgan fingerprint density at radius 1 is 1.15 bits per heavy atom. The van der Waals surface area contributed by atoms with Crippen LogP contribution in [0.25, 0.3) is 10.9 Å². The zero-order chi connectivity index (χ0) is 13.9. The molecular weight excluding hydrogens is 250 g/mol. The fourth-order valence-corrected chi connectivity index (χ4v) is 2.30. The van der Waals surface area contributed by atoms with Gasteiger partial charge in [0, 0.05) is 31.4 Å². The molecule has 0 saturated carbocycles. The number of anilines is 1. The number of aryl methyl sites for hydroxylation is 1. The van der Waals surface area contributed by atoms with Crippen LogP contribution in [-0.4, -0.2) is 16.7 Å². The van der Waals surface area contributed by atoms with E-state index in [0.717, 1.165) is 23.6 Å². The maximum absolute atomic E-state index is 5.16. The molecule has 0 bridgehead atoms. The number of pyridine rings is 1. The lowest BCUT2D eigenvalue weighted by Crippen LogP contribution is -2.03. The molecule has 102 valence electrons. The molecule has 0 aliphatic carbocycles. The predicted octanol–water partition coefficient (Wildman–Crippen LogP) is 3.19. The standard InChI is InChI=1S/C16H17N3O/c1-19-10-8-13-7-9-17-16(15(13)19)18-11-12-3-5-14(20-2)6-4-12/h3-10H,11H2,1-2H3,(H,17,18). The molecule has 0 atom stereocenters. The van der Waals surface area contributed by atoms with Crippen LogP contribution in [0.3, 0.4) is 0 Å². The SMILES string of the molecule is COc1ccc(CNc2nccc3ccn(C)c23)cc1. The molecule has 0 unspecified atom stereocenters. The highest BCUT2D eigenvalue weighted by Crippen LogP contribution is 2.22. The maximum atomic E-state index is 5.16. The van der Waals surface area contributed by atoms with Gasteiger partial charge in [0.15, 0.2) is 5.82 Å².